The molecule has 0 saturated heterocycles. The molecule has 0 fully saturated rings. The molecular weight excluding hydrogens is 290 g/mol. The van der Waals surface area contributed by atoms with Crippen LogP contribution in [-0.4, -0.2) is 21.1 Å². The molecule has 6 heteroatoms. The zero-order valence-corrected chi connectivity index (χ0v) is 13.2. The molecule has 116 valence electrons. The molecule has 0 aliphatic heterocycles. The number of hydrogen-bond acceptors (Lipinski definition) is 4. The van der Waals surface area contributed by atoms with Gasteiger partial charge in [-0.1, -0.05) is 49.6 Å². The summed E-state index contributed by atoms with van der Waals surface area (Å²) in [6.45, 7) is 4.00. The van der Waals surface area contributed by atoms with E-state index in [-0.39, 0.29) is 11.5 Å². The summed E-state index contributed by atoms with van der Waals surface area (Å²) in [5, 5.41) is 0. The van der Waals surface area contributed by atoms with Gasteiger partial charge in [-0.25, -0.2) is 17.9 Å². The maximum absolute atomic E-state index is 11.9. The van der Waals surface area contributed by atoms with Crippen molar-refractivity contribution in [3.05, 3.63) is 42.0 Å². The highest BCUT2D eigenvalue weighted by molar-refractivity contribution is 7.90. The number of carbonyl (C=O) groups is 1. The van der Waals surface area contributed by atoms with Crippen molar-refractivity contribution in [2.45, 2.75) is 38.0 Å². The SMILES string of the molecule is CCCC/C=C\COC(=O)NS(=O)(=O)c1ccc(C)cc1. The first kappa shape index (κ1) is 17.2. The Labute approximate surface area is 126 Å². The monoisotopic (exact) mass is 311 g/mol. The topological polar surface area (TPSA) is 72.5 Å². The first-order valence-electron chi connectivity index (χ1n) is 6.87. The Morgan fingerprint density at radius 2 is 1.90 bits per heavy atom. The lowest BCUT2D eigenvalue weighted by molar-refractivity contribution is 0.165. The molecule has 5 nitrogen and oxygen atoms in total. The van der Waals surface area contributed by atoms with Gasteiger partial charge in [-0.3, -0.25) is 0 Å². The van der Waals surface area contributed by atoms with E-state index >= 15 is 0 Å². The molecule has 0 aliphatic rings. The van der Waals surface area contributed by atoms with E-state index in [1.807, 2.05) is 17.7 Å². The van der Waals surface area contributed by atoms with Gasteiger partial charge in [0.05, 0.1) is 4.90 Å². The zero-order chi connectivity index (χ0) is 15.7. The van der Waals surface area contributed by atoms with Crippen LogP contribution in [0.3, 0.4) is 0 Å². The Bertz CT molecular complexity index is 576. The summed E-state index contributed by atoms with van der Waals surface area (Å²) in [7, 11) is -3.88. The molecule has 1 aromatic rings. The number of carbonyl (C=O) groups excluding carboxylic acids is 1. The van der Waals surface area contributed by atoms with Crippen LogP contribution in [0.2, 0.25) is 0 Å². The summed E-state index contributed by atoms with van der Waals surface area (Å²) in [6, 6.07) is 6.21. The molecule has 0 heterocycles. The number of ether oxygens (including phenoxy) is 1. The zero-order valence-electron chi connectivity index (χ0n) is 12.3. The third-order valence-corrected chi connectivity index (χ3v) is 4.08. The van der Waals surface area contributed by atoms with E-state index in [1.165, 1.54) is 12.1 Å². The van der Waals surface area contributed by atoms with E-state index in [0.29, 0.717) is 0 Å². The fourth-order valence-corrected chi connectivity index (χ4v) is 2.44. The molecule has 0 bridgehead atoms. The molecule has 21 heavy (non-hydrogen) atoms. The predicted octanol–water partition coefficient (Wildman–Crippen LogP) is 3.16. The largest absolute Gasteiger partial charge is 0.445 e. The number of benzene rings is 1. The third kappa shape index (κ3) is 6.44. The van der Waals surface area contributed by atoms with Gasteiger partial charge in [0, 0.05) is 0 Å². The number of hydrogen-bond donors (Lipinski definition) is 1. The van der Waals surface area contributed by atoms with Gasteiger partial charge >= 0.3 is 6.09 Å². The van der Waals surface area contributed by atoms with Crippen LogP contribution in [0.4, 0.5) is 4.79 Å². The van der Waals surface area contributed by atoms with Crippen molar-refractivity contribution in [3.8, 4) is 0 Å². The number of sulfonamides is 1. The minimum absolute atomic E-state index is 0.0311. The molecule has 0 unspecified atom stereocenters. The Hall–Kier alpha value is -1.82. The molecular formula is C15H21NO4S. The molecule has 0 aliphatic carbocycles. The highest BCUT2D eigenvalue weighted by Gasteiger charge is 2.17. The van der Waals surface area contributed by atoms with E-state index < -0.39 is 16.1 Å². The van der Waals surface area contributed by atoms with Gasteiger partial charge in [0.1, 0.15) is 6.61 Å². The number of allylic oxidation sites excluding steroid dienone is 1. The van der Waals surface area contributed by atoms with Crippen LogP contribution in [0.1, 0.15) is 31.7 Å². The van der Waals surface area contributed by atoms with E-state index in [1.54, 1.807) is 18.2 Å². The average Bonchev–Trinajstić information content (AvgIpc) is 2.42. The lowest BCUT2D eigenvalue weighted by Gasteiger charge is -2.07. The Balaban J connectivity index is 2.46. The van der Waals surface area contributed by atoms with Gasteiger partial charge in [-0.15, -0.1) is 0 Å². The number of rotatable bonds is 7. The van der Waals surface area contributed by atoms with Crippen LogP contribution < -0.4 is 4.72 Å². The number of amides is 1. The van der Waals surface area contributed by atoms with Crippen LogP contribution in [0.15, 0.2) is 41.3 Å². The van der Waals surface area contributed by atoms with Crippen molar-refractivity contribution in [2.24, 2.45) is 0 Å². The lowest BCUT2D eigenvalue weighted by Crippen LogP contribution is -2.31. The smallest absolute Gasteiger partial charge is 0.421 e. The van der Waals surface area contributed by atoms with Gasteiger partial charge in [-0.05, 0) is 25.5 Å². The highest BCUT2D eigenvalue weighted by Crippen LogP contribution is 2.09. The summed E-state index contributed by atoms with van der Waals surface area (Å²) >= 11 is 0. The van der Waals surface area contributed by atoms with Crippen LogP contribution in [-0.2, 0) is 14.8 Å². The van der Waals surface area contributed by atoms with E-state index in [4.69, 9.17) is 4.74 Å². The molecule has 0 radical (unpaired) electrons. The minimum atomic E-state index is -3.88. The summed E-state index contributed by atoms with van der Waals surface area (Å²) in [5.74, 6) is 0. The second-order valence-corrected chi connectivity index (χ2v) is 6.31. The van der Waals surface area contributed by atoms with E-state index in [9.17, 15) is 13.2 Å². The third-order valence-electron chi connectivity index (χ3n) is 2.75. The average molecular weight is 311 g/mol. The van der Waals surface area contributed by atoms with Crippen LogP contribution in [0.25, 0.3) is 0 Å². The standard InChI is InChI=1S/C15H21NO4S/c1-3-4-5-6-7-12-20-15(17)16-21(18,19)14-10-8-13(2)9-11-14/h6-11H,3-5,12H2,1-2H3,(H,16,17)/b7-6-. The van der Waals surface area contributed by atoms with Crippen LogP contribution >= 0.6 is 0 Å². The first-order valence-corrected chi connectivity index (χ1v) is 8.35. The van der Waals surface area contributed by atoms with Gasteiger partial charge in [0.15, 0.2) is 0 Å². The van der Waals surface area contributed by atoms with Crippen molar-refractivity contribution >= 4 is 16.1 Å². The second-order valence-electron chi connectivity index (χ2n) is 4.63. The molecule has 1 N–H and O–H groups in total. The van der Waals surface area contributed by atoms with Gasteiger partial charge in [0.25, 0.3) is 10.0 Å². The lowest BCUT2D eigenvalue weighted by atomic mass is 10.2. The summed E-state index contributed by atoms with van der Waals surface area (Å²) < 4.78 is 30.5. The maximum atomic E-state index is 11.9. The van der Waals surface area contributed by atoms with Crippen molar-refractivity contribution in [1.82, 2.24) is 4.72 Å². The summed E-state index contributed by atoms with van der Waals surface area (Å²) in [5.41, 5.74) is 0.939. The van der Waals surface area contributed by atoms with E-state index in [2.05, 4.69) is 6.92 Å². The molecule has 0 saturated carbocycles. The summed E-state index contributed by atoms with van der Waals surface area (Å²) in [4.78, 5) is 11.5. The molecule has 0 aromatic heterocycles. The highest BCUT2D eigenvalue weighted by atomic mass is 32.2. The van der Waals surface area contributed by atoms with Crippen molar-refractivity contribution < 1.29 is 17.9 Å². The number of aryl methyl sites for hydroxylation is 1. The quantitative estimate of drug-likeness (QED) is 0.620. The fourth-order valence-electron chi connectivity index (χ4n) is 1.55. The van der Waals surface area contributed by atoms with Crippen LogP contribution in [0.5, 0.6) is 0 Å². The Morgan fingerprint density at radius 3 is 2.52 bits per heavy atom. The van der Waals surface area contributed by atoms with Gasteiger partial charge in [0.2, 0.25) is 0 Å². The molecule has 1 rings (SSSR count). The number of nitrogens with one attached hydrogen (secondary N) is 1. The second kappa shape index (κ2) is 8.46. The predicted molar refractivity (Wildman–Crippen MR) is 81.5 cm³/mol. The normalized spacial score (nSPS) is 11.5. The molecule has 1 aromatic carbocycles. The summed E-state index contributed by atoms with van der Waals surface area (Å²) in [6.07, 6.45) is 5.73. The Morgan fingerprint density at radius 1 is 1.24 bits per heavy atom. The van der Waals surface area contributed by atoms with Crippen molar-refractivity contribution in [3.63, 3.8) is 0 Å². The van der Waals surface area contributed by atoms with Crippen molar-refractivity contribution in [1.29, 1.82) is 0 Å². The first-order chi connectivity index (χ1) is 9.95. The molecule has 1 amide bonds. The minimum Gasteiger partial charge on any atom is -0.445 e. The fraction of sp³-hybridized carbons (Fsp3) is 0.400. The number of unbranched alkanes of at least 4 members (excludes halogenated alkanes) is 2. The van der Waals surface area contributed by atoms with Gasteiger partial charge < -0.3 is 4.74 Å². The van der Waals surface area contributed by atoms with E-state index in [0.717, 1.165) is 24.8 Å². The maximum Gasteiger partial charge on any atom is 0.421 e. The van der Waals surface area contributed by atoms with Crippen molar-refractivity contribution in [2.75, 3.05) is 6.61 Å². The Kier molecular flexibility index (Phi) is 6.94. The molecule has 0 atom stereocenters. The van der Waals surface area contributed by atoms with Crippen LogP contribution in [0, 0.1) is 6.92 Å². The van der Waals surface area contributed by atoms with Gasteiger partial charge in [-0.2, -0.15) is 0 Å². The molecule has 0 spiro atoms.